The van der Waals surface area contributed by atoms with E-state index in [0.717, 1.165) is 35.9 Å². The number of allylic oxidation sites excluding steroid dienone is 2. The number of rotatable bonds is 1. The van der Waals surface area contributed by atoms with E-state index in [-0.39, 0.29) is 55.0 Å². The lowest BCUT2D eigenvalue weighted by Gasteiger charge is -2.43. The molecule has 0 bridgehead atoms. The molecule has 0 radical (unpaired) electrons. The van der Waals surface area contributed by atoms with E-state index in [1.807, 2.05) is 26.8 Å². The third-order valence-corrected chi connectivity index (χ3v) is 10.0. The van der Waals surface area contributed by atoms with Crippen LogP contribution in [0.2, 0.25) is 0 Å². The number of phenolic OH excluding ortho intramolecular Hbond substituents is 8. The maximum Gasteiger partial charge on any atom is 0.204 e. The highest BCUT2D eigenvalue weighted by Gasteiger charge is 2.53. The van der Waals surface area contributed by atoms with E-state index in [4.69, 9.17) is 8.83 Å². The smallest absolute Gasteiger partial charge is 0.204 e. The Morgan fingerprint density at radius 3 is 1.77 bits per heavy atom. The molecule has 0 amide bonds. The third-order valence-electron chi connectivity index (χ3n) is 10.0. The summed E-state index contributed by atoms with van der Waals surface area (Å²) in [6.45, 7) is 5.86. The maximum atomic E-state index is 14.3. The van der Waals surface area contributed by atoms with E-state index in [2.05, 4.69) is 0 Å². The Morgan fingerprint density at radius 2 is 1.19 bits per heavy atom. The van der Waals surface area contributed by atoms with Crippen LogP contribution >= 0.6 is 0 Å². The van der Waals surface area contributed by atoms with Crippen LogP contribution in [0.3, 0.4) is 0 Å². The standard InChI is InChI=1S/C36H28O12/c1-11-4-15-21-26(32(45)33(46)35-27(21)31(44)25-17(40)6-13(38)8-20(25)48-35)22(28(15)36(2,3)10-11)14-9-18(41)29(42)34-23(14)30(43)24-16(39)5-12(37)7-19(24)47-34/h4-9,15,22,28,37-42,45-46H,10H2,1-3H3/t15-,22-,28-/m0/s1. The number of hydrogen-bond donors (Lipinski definition) is 8. The molecule has 0 aliphatic heterocycles. The molecular formula is C36H28O12. The van der Waals surface area contributed by atoms with Gasteiger partial charge in [0.25, 0.3) is 0 Å². The Labute approximate surface area is 268 Å². The van der Waals surface area contributed by atoms with Crippen molar-refractivity contribution in [2.75, 3.05) is 0 Å². The average Bonchev–Trinajstić information content (AvgIpc) is 3.32. The molecule has 0 fully saturated rings. The molecule has 0 spiro atoms. The Hall–Kier alpha value is -6.04. The van der Waals surface area contributed by atoms with Crippen molar-refractivity contribution >= 4 is 43.9 Å². The lowest BCUT2D eigenvalue weighted by atomic mass is 9.61. The fourth-order valence-electron chi connectivity index (χ4n) is 8.46. The first-order valence-electron chi connectivity index (χ1n) is 15.1. The van der Waals surface area contributed by atoms with Crippen LogP contribution in [0, 0.1) is 11.3 Å². The summed E-state index contributed by atoms with van der Waals surface area (Å²) in [5, 5.41) is 85.8. The SMILES string of the molecule is CC1=C[C@H]2c3c(c(O)c(O)c4oc5cc(O)cc(O)c5c(=O)c34)[C@H](c3cc(O)c(O)c4oc5cc(O)cc(O)c5c(=O)c34)[C@H]2C(C)(C)C1. The van der Waals surface area contributed by atoms with Gasteiger partial charge in [0, 0.05) is 41.7 Å². The zero-order valence-corrected chi connectivity index (χ0v) is 25.6. The molecule has 2 heterocycles. The van der Waals surface area contributed by atoms with Crippen LogP contribution in [0.5, 0.6) is 46.0 Å². The largest absolute Gasteiger partial charge is 0.508 e. The van der Waals surface area contributed by atoms with Crippen molar-refractivity contribution in [2.45, 2.75) is 39.0 Å². The highest BCUT2D eigenvalue weighted by atomic mass is 16.4. The zero-order valence-electron chi connectivity index (χ0n) is 25.6. The normalized spacial score (nSPS) is 20.0. The van der Waals surface area contributed by atoms with E-state index in [1.165, 1.54) is 0 Å². The molecule has 8 rings (SSSR count). The summed E-state index contributed by atoms with van der Waals surface area (Å²) in [4.78, 5) is 28.5. The molecular weight excluding hydrogens is 624 g/mol. The first-order chi connectivity index (χ1) is 22.6. The van der Waals surface area contributed by atoms with Crippen LogP contribution in [0.15, 0.2) is 60.4 Å². The van der Waals surface area contributed by atoms with Gasteiger partial charge in [0.1, 0.15) is 44.9 Å². The van der Waals surface area contributed by atoms with Crippen LogP contribution in [0.4, 0.5) is 0 Å². The summed E-state index contributed by atoms with van der Waals surface area (Å²) in [6, 6.07) is 5.28. The van der Waals surface area contributed by atoms with Gasteiger partial charge in [0.05, 0.1) is 10.8 Å². The van der Waals surface area contributed by atoms with E-state index < -0.39 is 85.6 Å². The Kier molecular flexibility index (Phi) is 5.68. The van der Waals surface area contributed by atoms with E-state index >= 15 is 0 Å². The number of phenols is 8. The number of fused-ring (bicyclic) bond motifs is 8. The minimum Gasteiger partial charge on any atom is -0.508 e. The molecule has 4 aromatic carbocycles. The molecule has 6 aromatic rings. The van der Waals surface area contributed by atoms with Gasteiger partial charge in [-0.3, -0.25) is 9.59 Å². The van der Waals surface area contributed by atoms with Gasteiger partial charge in [-0.05, 0) is 41.9 Å². The van der Waals surface area contributed by atoms with Crippen molar-refractivity contribution in [1.29, 1.82) is 0 Å². The second-order valence-corrected chi connectivity index (χ2v) is 13.5. The molecule has 2 aliphatic rings. The molecule has 12 heteroatoms. The molecule has 3 atom stereocenters. The summed E-state index contributed by atoms with van der Waals surface area (Å²) in [7, 11) is 0. The van der Waals surface area contributed by atoms with Gasteiger partial charge in [-0.25, -0.2) is 0 Å². The summed E-state index contributed by atoms with van der Waals surface area (Å²) in [5.74, 6) is -7.09. The van der Waals surface area contributed by atoms with Crippen LogP contribution in [0.25, 0.3) is 43.9 Å². The number of benzene rings is 4. The lowest BCUT2D eigenvalue weighted by Crippen LogP contribution is -2.33. The Morgan fingerprint density at radius 1 is 0.646 bits per heavy atom. The van der Waals surface area contributed by atoms with Gasteiger partial charge in [0.2, 0.25) is 22.4 Å². The van der Waals surface area contributed by atoms with Crippen molar-refractivity contribution in [2.24, 2.45) is 11.3 Å². The Bertz CT molecular complexity index is 2620. The molecule has 8 N–H and O–H groups in total. The fourth-order valence-corrected chi connectivity index (χ4v) is 8.46. The second kappa shape index (κ2) is 9.28. The molecule has 2 aliphatic carbocycles. The van der Waals surface area contributed by atoms with Crippen molar-refractivity contribution in [3.63, 3.8) is 0 Å². The molecule has 12 nitrogen and oxygen atoms in total. The highest BCUT2D eigenvalue weighted by molar-refractivity contribution is 6.02. The lowest BCUT2D eigenvalue weighted by molar-refractivity contribution is 0.173. The average molecular weight is 653 g/mol. The van der Waals surface area contributed by atoms with Crippen molar-refractivity contribution < 1.29 is 49.7 Å². The first kappa shape index (κ1) is 29.4. The van der Waals surface area contributed by atoms with Crippen molar-refractivity contribution in [1.82, 2.24) is 0 Å². The van der Waals surface area contributed by atoms with Crippen LogP contribution in [-0.2, 0) is 0 Å². The summed E-state index contributed by atoms with van der Waals surface area (Å²) < 4.78 is 11.7. The first-order valence-corrected chi connectivity index (χ1v) is 15.1. The van der Waals surface area contributed by atoms with Gasteiger partial charge < -0.3 is 49.7 Å². The molecule has 0 saturated carbocycles. The monoisotopic (exact) mass is 652 g/mol. The van der Waals surface area contributed by atoms with E-state index in [9.17, 15) is 50.4 Å². The molecule has 0 unspecified atom stereocenters. The minimum absolute atomic E-state index is 0.0553. The topological polar surface area (TPSA) is 222 Å². The number of aromatic hydroxyl groups is 8. The fraction of sp³-hybridized carbons (Fsp3) is 0.222. The van der Waals surface area contributed by atoms with Gasteiger partial charge in [-0.2, -0.15) is 0 Å². The molecule has 48 heavy (non-hydrogen) atoms. The molecule has 0 saturated heterocycles. The van der Waals surface area contributed by atoms with Crippen molar-refractivity contribution in [3.8, 4) is 46.0 Å². The van der Waals surface area contributed by atoms with Gasteiger partial charge in [-0.15, -0.1) is 0 Å². The summed E-state index contributed by atoms with van der Waals surface area (Å²) in [6.07, 6.45) is 2.49. The number of hydrogen-bond acceptors (Lipinski definition) is 12. The molecule has 244 valence electrons. The molecule has 2 aromatic heterocycles. The van der Waals surface area contributed by atoms with E-state index in [1.54, 1.807) is 0 Å². The summed E-state index contributed by atoms with van der Waals surface area (Å²) >= 11 is 0. The predicted octanol–water partition coefficient (Wildman–Crippen LogP) is 6.07. The zero-order chi connectivity index (χ0) is 34.3. The van der Waals surface area contributed by atoms with Crippen LogP contribution in [0.1, 0.15) is 55.7 Å². The summed E-state index contributed by atoms with van der Waals surface area (Å²) in [5.41, 5.74) is -2.12. The van der Waals surface area contributed by atoms with Crippen LogP contribution in [-0.4, -0.2) is 40.9 Å². The quantitative estimate of drug-likeness (QED) is 0.0576. The van der Waals surface area contributed by atoms with E-state index in [0.29, 0.717) is 6.42 Å². The van der Waals surface area contributed by atoms with Crippen LogP contribution < -0.4 is 10.9 Å². The second-order valence-electron chi connectivity index (χ2n) is 13.5. The minimum atomic E-state index is -1.03. The Balaban J connectivity index is 1.59. The highest BCUT2D eigenvalue weighted by Crippen LogP contribution is 2.66. The van der Waals surface area contributed by atoms with Crippen molar-refractivity contribution in [3.05, 3.63) is 79.1 Å². The van der Waals surface area contributed by atoms with Gasteiger partial charge >= 0.3 is 0 Å². The maximum absolute atomic E-state index is 14.3. The third kappa shape index (κ3) is 3.65. The predicted molar refractivity (Wildman–Crippen MR) is 174 cm³/mol. The van der Waals surface area contributed by atoms with Gasteiger partial charge in [-0.1, -0.05) is 25.5 Å². The van der Waals surface area contributed by atoms with Gasteiger partial charge in [0.15, 0.2) is 22.7 Å².